The van der Waals surface area contributed by atoms with Gasteiger partial charge in [0.15, 0.2) is 0 Å². The van der Waals surface area contributed by atoms with Gasteiger partial charge in [-0.1, -0.05) is 0 Å². The molecule has 0 atom stereocenters. The quantitative estimate of drug-likeness (QED) is 0.353. The third-order valence-corrected chi connectivity index (χ3v) is 2.88. The van der Waals surface area contributed by atoms with Crippen molar-refractivity contribution in [1.82, 2.24) is 4.90 Å². The van der Waals surface area contributed by atoms with E-state index in [0.717, 1.165) is 11.8 Å². The first-order chi connectivity index (χ1) is 8.45. The first kappa shape index (κ1) is 14.2. The zero-order chi connectivity index (χ0) is 13.7. The van der Waals surface area contributed by atoms with Crippen LogP contribution in [0.3, 0.4) is 0 Å². The highest BCUT2D eigenvalue weighted by atomic mass is 16.1. The van der Waals surface area contributed by atoms with Gasteiger partial charge >= 0.3 is 0 Å². The molecule has 0 heterocycles. The Hall–Kier alpha value is -1.90. The van der Waals surface area contributed by atoms with Crippen molar-refractivity contribution in [3.05, 3.63) is 40.5 Å². The summed E-state index contributed by atoms with van der Waals surface area (Å²) in [6.07, 6.45) is 3.95. The van der Waals surface area contributed by atoms with Crippen LogP contribution >= 0.6 is 0 Å². The zero-order valence-corrected chi connectivity index (χ0v) is 11.7. The van der Waals surface area contributed by atoms with Gasteiger partial charge in [0.05, 0.1) is 12.0 Å². The average molecular weight is 244 g/mol. The molecule has 3 heteroatoms. The number of allylic oxidation sites excluding steroid dienone is 1. The van der Waals surface area contributed by atoms with Gasteiger partial charge in [0, 0.05) is 25.7 Å². The fourth-order valence-electron chi connectivity index (χ4n) is 1.64. The molecule has 0 unspecified atom stereocenters. The molecule has 1 aromatic rings. The largest absolute Gasteiger partial charge is 0.369 e. The summed E-state index contributed by atoms with van der Waals surface area (Å²) in [5, 5.41) is 0. The SMILES string of the molecule is Cc1cc(C(=C/C=O)/N=C\N(C)C)cc(C)c1C. The second kappa shape index (κ2) is 6.15. The van der Waals surface area contributed by atoms with Gasteiger partial charge in [-0.2, -0.15) is 0 Å². The number of hydrogen-bond acceptors (Lipinski definition) is 2. The van der Waals surface area contributed by atoms with Gasteiger partial charge in [0.2, 0.25) is 0 Å². The summed E-state index contributed by atoms with van der Waals surface area (Å²) < 4.78 is 0. The Balaban J connectivity index is 3.23. The van der Waals surface area contributed by atoms with Crippen LogP contribution in [-0.4, -0.2) is 31.6 Å². The Morgan fingerprint density at radius 2 is 1.72 bits per heavy atom. The van der Waals surface area contributed by atoms with Crippen LogP contribution in [-0.2, 0) is 4.79 Å². The number of aliphatic imine (C=N–C) groups is 1. The maximum absolute atomic E-state index is 10.7. The number of nitrogens with zero attached hydrogens (tertiary/aromatic N) is 2. The Bertz CT molecular complexity index is 476. The number of rotatable bonds is 4. The van der Waals surface area contributed by atoms with Crippen LogP contribution in [0.25, 0.3) is 5.70 Å². The van der Waals surface area contributed by atoms with Crippen molar-refractivity contribution in [2.75, 3.05) is 14.1 Å². The number of carbonyl (C=O) groups excluding carboxylic acids is 1. The fraction of sp³-hybridized carbons (Fsp3) is 0.333. The molecular weight excluding hydrogens is 224 g/mol. The molecule has 0 amide bonds. The van der Waals surface area contributed by atoms with Gasteiger partial charge in [-0.25, -0.2) is 4.99 Å². The highest BCUT2D eigenvalue weighted by Gasteiger charge is 2.04. The van der Waals surface area contributed by atoms with Crippen LogP contribution < -0.4 is 0 Å². The van der Waals surface area contributed by atoms with Crippen LogP contribution in [0.2, 0.25) is 0 Å². The summed E-state index contributed by atoms with van der Waals surface area (Å²) in [4.78, 5) is 16.9. The molecule has 1 rings (SSSR count). The van der Waals surface area contributed by atoms with E-state index < -0.39 is 0 Å². The molecular formula is C15H20N2O. The minimum Gasteiger partial charge on any atom is -0.369 e. The van der Waals surface area contributed by atoms with E-state index in [2.05, 4.69) is 37.9 Å². The Labute approximate surface area is 109 Å². The van der Waals surface area contributed by atoms with E-state index in [0.29, 0.717) is 5.70 Å². The maximum Gasteiger partial charge on any atom is 0.145 e. The van der Waals surface area contributed by atoms with E-state index in [1.165, 1.54) is 22.8 Å². The Morgan fingerprint density at radius 1 is 1.17 bits per heavy atom. The topological polar surface area (TPSA) is 32.7 Å². The van der Waals surface area contributed by atoms with E-state index in [-0.39, 0.29) is 0 Å². The van der Waals surface area contributed by atoms with E-state index in [4.69, 9.17) is 0 Å². The summed E-state index contributed by atoms with van der Waals surface area (Å²) in [5.41, 5.74) is 5.36. The normalized spacial score (nSPS) is 11.9. The fourth-order valence-corrected chi connectivity index (χ4v) is 1.64. The van der Waals surface area contributed by atoms with Crippen molar-refractivity contribution < 1.29 is 4.79 Å². The number of benzene rings is 1. The minimum absolute atomic E-state index is 0.685. The van der Waals surface area contributed by atoms with Crippen molar-refractivity contribution in [2.24, 2.45) is 4.99 Å². The van der Waals surface area contributed by atoms with E-state index in [1.807, 2.05) is 19.0 Å². The molecule has 18 heavy (non-hydrogen) atoms. The van der Waals surface area contributed by atoms with Crippen LogP contribution in [0.5, 0.6) is 0 Å². The molecule has 0 bridgehead atoms. The van der Waals surface area contributed by atoms with Gasteiger partial charge in [-0.05, 0) is 49.6 Å². The molecule has 0 aliphatic carbocycles. The molecule has 3 nitrogen and oxygen atoms in total. The van der Waals surface area contributed by atoms with Gasteiger partial charge < -0.3 is 4.90 Å². The highest BCUT2D eigenvalue weighted by Crippen LogP contribution is 2.22. The summed E-state index contributed by atoms with van der Waals surface area (Å²) in [7, 11) is 3.79. The van der Waals surface area contributed by atoms with E-state index >= 15 is 0 Å². The molecule has 0 aliphatic heterocycles. The smallest absolute Gasteiger partial charge is 0.145 e. The van der Waals surface area contributed by atoms with Crippen molar-refractivity contribution in [3.63, 3.8) is 0 Å². The predicted molar refractivity (Wildman–Crippen MR) is 76.9 cm³/mol. The van der Waals surface area contributed by atoms with Crippen LogP contribution in [0, 0.1) is 20.8 Å². The number of aryl methyl sites for hydroxylation is 2. The molecule has 0 saturated heterocycles. The molecule has 0 spiro atoms. The van der Waals surface area contributed by atoms with E-state index in [9.17, 15) is 4.79 Å². The predicted octanol–water partition coefficient (Wildman–Crippen LogP) is 2.74. The molecule has 0 saturated carbocycles. The summed E-state index contributed by atoms with van der Waals surface area (Å²) >= 11 is 0. The lowest BCUT2D eigenvalue weighted by Gasteiger charge is -2.10. The van der Waals surface area contributed by atoms with Crippen LogP contribution in [0.4, 0.5) is 0 Å². The molecule has 0 aromatic heterocycles. The third-order valence-electron chi connectivity index (χ3n) is 2.88. The van der Waals surface area contributed by atoms with Crippen LogP contribution in [0.15, 0.2) is 23.2 Å². The summed E-state index contributed by atoms with van der Waals surface area (Å²) in [6.45, 7) is 6.24. The first-order valence-electron chi connectivity index (χ1n) is 5.90. The Kier molecular flexibility index (Phi) is 4.84. The Morgan fingerprint density at radius 3 is 2.17 bits per heavy atom. The molecule has 0 N–H and O–H groups in total. The first-order valence-corrected chi connectivity index (χ1v) is 5.90. The minimum atomic E-state index is 0.685. The second-order valence-corrected chi connectivity index (χ2v) is 4.63. The molecule has 1 aromatic carbocycles. The lowest BCUT2D eigenvalue weighted by Crippen LogP contribution is -2.07. The lowest BCUT2D eigenvalue weighted by molar-refractivity contribution is -0.104. The molecule has 0 radical (unpaired) electrons. The molecule has 0 fully saturated rings. The zero-order valence-electron chi connectivity index (χ0n) is 11.7. The van der Waals surface area contributed by atoms with Crippen molar-refractivity contribution in [2.45, 2.75) is 20.8 Å². The highest BCUT2D eigenvalue weighted by molar-refractivity contribution is 5.84. The summed E-state index contributed by atoms with van der Waals surface area (Å²) in [5.74, 6) is 0. The monoisotopic (exact) mass is 244 g/mol. The maximum atomic E-state index is 10.7. The molecule has 96 valence electrons. The van der Waals surface area contributed by atoms with Crippen molar-refractivity contribution in [3.8, 4) is 0 Å². The third kappa shape index (κ3) is 3.55. The number of aldehydes is 1. The standard InChI is InChI=1S/C15H20N2O/c1-11-8-14(9-12(2)13(11)3)15(6-7-18)16-10-17(4)5/h6-10H,1-5H3/b15-6-,16-10-. The lowest BCUT2D eigenvalue weighted by atomic mass is 9.99. The van der Waals surface area contributed by atoms with Crippen molar-refractivity contribution in [1.29, 1.82) is 0 Å². The van der Waals surface area contributed by atoms with Crippen molar-refractivity contribution >= 4 is 18.3 Å². The van der Waals surface area contributed by atoms with Gasteiger partial charge in [-0.3, -0.25) is 4.79 Å². The summed E-state index contributed by atoms with van der Waals surface area (Å²) in [6, 6.07) is 4.12. The van der Waals surface area contributed by atoms with Gasteiger partial charge in [0.1, 0.15) is 6.29 Å². The van der Waals surface area contributed by atoms with Crippen LogP contribution in [0.1, 0.15) is 22.3 Å². The average Bonchev–Trinajstić information content (AvgIpc) is 2.30. The van der Waals surface area contributed by atoms with Gasteiger partial charge in [0.25, 0.3) is 0 Å². The van der Waals surface area contributed by atoms with Gasteiger partial charge in [-0.15, -0.1) is 0 Å². The second-order valence-electron chi connectivity index (χ2n) is 4.63. The van der Waals surface area contributed by atoms with E-state index in [1.54, 1.807) is 6.34 Å². The number of hydrogen-bond donors (Lipinski definition) is 0. The number of carbonyl (C=O) groups is 1. The molecule has 0 aliphatic rings.